The number of nitrogens with zero attached hydrogens (tertiary/aromatic N) is 2. The summed E-state index contributed by atoms with van der Waals surface area (Å²) >= 11 is 3.54. The molecule has 2 atom stereocenters. The second-order valence-corrected chi connectivity index (χ2v) is 7.64. The van der Waals surface area contributed by atoms with Crippen LogP contribution in [0.2, 0.25) is 0 Å². The fraction of sp³-hybridized carbons (Fsp3) is 0.733. The standard InChI is InChI=1S/C15H24BrN3/c1-9-6-5-7-10(8-9)14-18-12(15(2,3)4)11(16)13(17)19-14/h9-10H,5-8H2,1-4H3,(H2,17,18,19). The molecule has 1 saturated carbocycles. The monoisotopic (exact) mass is 325 g/mol. The van der Waals surface area contributed by atoms with Gasteiger partial charge < -0.3 is 5.73 Å². The molecule has 4 heteroatoms. The topological polar surface area (TPSA) is 51.8 Å². The molecule has 0 aliphatic heterocycles. The zero-order valence-corrected chi connectivity index (χ0v) is 13.9. The Labute approximate surface area is 124 Å². The lowest BCUT2D eigenvalue weighted by Gasteiger charge is -2.27. The summed E-state index contributed by atoms with van der Waals surface area (Å²) in [6, 6.07) is 0. The maximum Gasteiger partial charge on any atom is 0.141 e. The molecule has 1 aromatic rings. The molecule has 19 heavy (non-hydrogen) atoms. The highest BCUT2D eigenvalue weighted by Gasteiger charge is 2.27. The summed E-state index contributed by atoms with van der Waals surface area (Å²) in [5.41, 5.74) is 7.06. The van der Waals surface area contributed by atoms with Gasteiger partial charge in [0.2, 0.25) is 0 Å². The van der Waals surface area contributed by atoms with Crippen LogP contribution in [0.4, 0.5) is 5.82 Å². The SMILES string of the molecule is CC1CCCC(c2nc(N)c(Br)c(C(C)(C)C)n2)C1. The molecule has 2 unspecified atom stereocenters. The van der Waals surface area contributed by atoms with E-state index in [1.165, 1.54) is 25.7 Å². The molecule has 0 bridgehead atoms. The summed E-state index contributed by atoms with van der Waals surface area (Å²) in [5, 5.41) is 0. The second-order valence-electron chi connectivity index (χ2n) is 6.85. The molecular weight excluding hydrogens is 302 g/mol. The molecule has 0 amide bonds. The zero-order valence-electron chi connectivity index (χ0n) is 12.3. The summed E-state index contributed by atoms with van der Waals surface area (Å²) in [6.45, 7) is 8.80. The molecule has 0 radical (unpaired) electrons. The van der Waals surface area contributed by atoms with Crippen LogP contribution in [0.5, 0.6) is 0 Å². The van der Waals surface area contributed by atoms with Gasteiger partial charge in [-0.3, -0.25) is 0 Å². The van der Waals surface area contributed by atoms with Crippen molar-refractivity contribution in [2.75, 3.05) is 5.73 Å². The van der Waals surface area contributed by atoms with E-state index in [4.69, 9.17) is 10.7 Å². The van der Waals surface area contributed by atoms with E-state index < -0.39 is 0 Å². The van der Waals surface area contributed by atoms with Crippen LogP contribution in [-0.2, 0) is 5.41 Å². The summed E-state index contributed by atoms with van der Waals surface area (Å²) in [7, 11) is 0. The summed E-state index contributed by atoms with van der Waals surface area (Å²) in [6.07, 6.45) is 4.98. The molecule has 0 saturated heterocycles. The Morgan fingerprint density at radius 1 is 1.21 bits per heavy atom. The Morgan fingerprint density at radius 2 is 1.89 bits per heavy atom. The summed E-state index contributed by atoms with van der Waals surface area (Å²) in [5.74, 6) is 2.76. The van der Waals surface area contributed by atoms with Crippen LogP contribution in [0.3, 0.4) is 0 Å². The molecule has 1 heterocycles. The van der Waals surface area contributed by atoms with Gasteiger partial charge in [0, 0.05) is 11.3 Å². The number of aromatic nitrogens is 2. The van der Waals surface area contributed by atoms with Crippen LogP contribution in [0.15, 0.2) is 4.47 Å². The zero-order chi connectivity index (χ0) is 14.2. The molecule has 0 spiro atoms. The van der Waals surface area contributed by atoms with Gasteiger partial charge in [-0.25, -0.2) is 9.97 Å². The third-order valence-electron chi connectivity index (χ3n) is 3.91. The lowest BCUT2D eigenvalue weighted by molar-refractivity contribution is 0.334. The largest absolute Gasteiger partial charge is 0.383 e. The first-order valence-corrected chi connectivity index (χ1v) is 7.91. The van der Waals surface area contributed by atoms with Crippen molar-refractivity contribution in [1.82, 2.24) is 9.97 Å². The molecule has 2 rings (SSSR count). The van der Waals surface area contributed by atoms with Crippen molar-refractivity contribution < 1.29 is 0 Å². The number of rotatable bonds is 1. The third kappa shape index (κ3) is 3.28. The van der Waals surface area contributed by atoms with Gasteiger partial charge in [-0.05, 0) is 34.7 Å². The molecule has 3 nitrogen and oxygen atoms in total. The number of halogens is 1. The van der Waals surface area contributed by atoms with E-state index in [2.05, 4.69) is 48.6 Å². The van der Waals surface area contributed by atoms with E-state index >= 15 is 0 Å². The van der Waals surface area contributed by atoms with Crippen LogP contribution in [0.1, 0.15) is 70.8 Å². The molecule has 1 aliphatic carbocycles. The van der Waals surface area contributed by atoms with Crippen molar-refractivity contribution in [1.29, 1.82) is 0 Å². The molecule has 2 N–H and O–H groups in total. The maximum absolute atomic E-state index is 6.06. The minimum absolute atomic E-state index is 0.0229. The van der Waals surface area contributed by atoms with Gasteiger partial charge in [-0.15, -0.1) is 0 Å². The van der Waals surface area contributed by atoms with Crippen molar-refractivity contribution >= 4 is 21.7 Å². The highest BCUT2D eigenvalue weighted by atomic mass is 79.9. The average molecular weight is 326 g/mol. The van der Waals surface area contributed by atoms with E-state index in [0.717, 1.165) is 21.9 Å². The Hall–Kier alpha value is -0.640. The van der Waals surface area contributed by atoms with Crippen molar-refractivity contribution in [2.24, 2.45) is 5.92 Å². The summed E-state index contributed by atoms with van der Waals surface area (Å²) < 4.78 is 0.854. The van der Waals surface area contributed by atoms with Gasteiger partial charge in [0.25, 0.3) is 0 Å². The fourth-order valence-electron chi connectivity index (χ4n) is 2.83. The predicted molar refractivity (Wildman–Crippen MR) is 83.2 cm³/mol. The quantitative estimate of drug-likeness (QED) is 0.831. The second kappa shape index (κ2) is 5.39. The van der Waals surface area contributed by atoms with Crippen LogP contribution in [0, 0.1) is 5.92 Å². The lowest BCUT2D eigenvalue weighted by atomic mass is 9.82. The van der Waals surface area contributed by atoms with Gasteiger partial charge in [0.1, 0.15) is 11.6 Å². The molecule has 0 aromatic carbocycles. The molecule has 1 fully saturated rings. The number of nitrogens with two attached hydrogens (primary N) is 1. The van der Waals surface area contributed by atoms with E-state index in [1.54, 1.807) is 0 Å². The Bertz CT molecular complexity index is 465. The fourth-order valence-corrected chi connectivity index (χ4v) is 3.60. The minimum Gasteiger partial charge on any atom is -0.383 e. The van der Waals surface area contributed by atoms with Gasteiger partial charge in [0.05, 0.1) is 10.2 Å². The highest BCUT2D eigenvalue weighted by molar-refractivity contribution is 9.10. The first kappa shape index (κ1) is 14.8. The molecule has 1 aromatic heterocycles. The molecule has 106 valence electrons. The minimum atomic E-state index is -0.0229. The van der Waals surface area contributed by atoms with Crippen molar-refractivity contribution in [3.05, 3.63) is 16.0 Å². The predicted octanol–water partition coefficient (Wildman–Crippen LogP) is 4.41. The maximum atomic E-state index is 6.06. The van der Waals surface area contributed by atoms with E-state index in [9.17, 15) is 0 Å². The number of hydrogen-bond donors (Lipinski definition) is 1. The number of hydrogen-bond acceptors (Lipinski definition) is 3. The van der Waals surface area contributed by atoms with E-state index in [0.29, 0.717) is 11.7 Å². The van der Waals surface area contributed by atoms with Gasteiger partial charge in [-0.1, -0.05) is 40.5 Å². The van der Waals surface area contributed by atoms with Crippen LogP contribution in [-0.4, -0.2) is 9.97 Å². The third-order valence-corrected chi connectivity index (χ3v) is 4.69. The number of anilines is 1. The van der Waals surface area contributed by atoms with E-state index in [1.807, 2.05) is 0 Å². The van der Waals surface area contributed by atoms with Crippen LogP contribution in [0.25, 0.3) is 0 Å². The van der Waals surface area contributed by atoms with Gasteiger partial charge in [-0.2, -0.15) is 0 Å². The van der Waals surface area contributed by atoms with Gasteiger partial charge >= 0.3 is 0 Å². The van der Waals surface area contributed by atoms with Crippen molar-refractivity contribution in [3.8, 4) is 0 Å². The first-order chi connectivity index (χ1) is 8.79. The molecular formula is C15H24BrN3. The smallest absolute Gasteiger partial charge is 0.141 e. The van der Waals surface area contributed by atoms with Crippen LogP contribution < -0.4 is 5.73 Å². The molecule has 1 aliphatic rings. The first-order valence-electron chi connectivity index (χ1n) is 7.12. The highest BCUT2D eigenvalue weighted by Crippen LogP contribution is 2.37. The van der Waals surface area contributed by atoms with Crippen LogP contribution >= 0.6 is 15.9 Å². The number of nitrogen functional groups attached to an aromatic ring is 1. The Morgan fingerprint density at radius 3 is 2.47 bits per heavy atom. The van der Waals surface area contributed by atoms with Crippen molar-refractivity contribution in [3.63, 3.8) is 0 Å². The Kier molecular flexibility index (Phi) is 4.19. The van der Waals surface area contributed by atoms with Gasteiger partial charge in [0.15, 0.2) is 0 Å². The lowest BCUT2D eigenvalue weighted by Crippen LogP contribution is -2.21. The Balaban J connectivity index is 2.39. The normalized spacial score (nSPS) is 24.5. The van der Waals surface area contributed by atoms with E-state index in [-0.39, 0.29) is 5.41 Å². The average Bonchev–Trinajstić information content (AvgIpc) is 2.31. The summed E-state index contributed by atoms with van der Waals surface area (Å²) in [4.78, 5) is 9.35. The van der Waals surface area contributed by atoms with Crippen molar-refractivity contribution in [2.45, 2.75) is 64.7 Å².